The Balaban J connectivity index is 1.70. The second-order valence-electron chi connectivity index (χ2n) is 7.85. The van der Waals surface area contributed by atoms with Gasteiger partial charge in [-0.3, -0.25) is 4.90 Å². The van der Waals surface area contributed by atoms with E-state index in [4.69, 9.17) is 5.14 Å². The van der Waals surface area contributed by atoms with Gasteiger partial charge >= 0.3 is 0 Å². The number of nitrogens with zero attached hydrogens (tertiary/aromatic N) is 4. The molecule has 0 aliphatic carbocycles. The van der Waals surface area contributed by atoms with Crippen LogP contribution in [-0.2, 0) is 23.0 Å². The van der Waals surface area contributed by atoms with E-state index in [0.29, 0.717) is 25.2 Å². The molecule has 1 aliphatic rings. The van der Waals surface area contributed by atoms with E-state index in [-0.39, 0.29) is 35.9 Å². The molecule has 2 aromatic carbocycles. The molecule has 0 bridgehead atoms. The van der Waals surface area contributed by atoms with Gasteiger partial charge in [0.15, 0.2) is 5.82 Å². The molecule has 1 fully saturated rings. The van der Waals surface area contributed by atoms with Crippen LogP contribution in [0.1, 0.15) is 30.1 Å². The number of sulfonamides is 1. The van der Waals surface area contributed by atoms with Gasteiger partial charge in [0.2, 0.25) is 10.0 Å². The molecule has 0 amide bonds. The van der Waals surface area contributed by atoms with Crippen LogP contribution in [0.3, 0.4) is 0 Å². The Kier molecular flexibility index (Phi) is 6.06. The number of likely N-dealkylation sites (tertiary alicyclic amines) is 1. The van der Waals surface area contributed by atoms with E-state index < -0.39 is 21.8 Å². The average Bonchev–Trinajstić information content (AvgIpc) is 3.09. The largest absolute Gasteiger partial charge is 0.290 e. The summed E-state index contributed by atoms with van der Waals surface area (Å²) in [5, 5.41) is 9.45. The van der Waals surface area contributed by atoms with Crippen molar-refractivity contribution in [1.82, 2.24) is 19.7 Å². The van der Waals surface area contributed by atoms with Crippen molar-refractivity contribution in [3.63, 3.8) is 0 Å². The number of benzene rings is 2. The Bertz CT molecular complexity index is 1220. The Morgan fingerprint density at radius 2 is 1.88 bits per heavy atom. The van der Waals surface area contributed by atoms with E-state index in [0.717, 1.165) is 11.6 Å². The van der Waals surface area contributed by atoms with Crippen molar-refractivity contribution in [2.45, 2.75) is 36.6 Å². The topological polar surface area (TPSA) is 94.1 Å². The van der Waals surface area contributed by atoms with Gasteiger partial charge in [0.25, 0.3) is 5.92 Å². The van der Waals surface area contributed by atoms with Gasteiger partial charge in [-0.05, 0) is 36.7 Å². The number of piperidine rings is 1. The quantitative estimate of drug-likeness (QED) is 0.604. The highest BCUT2D eigenvalue weighted by atomic mass is 32.2. The first-order valence-corrected chi connectivity index (χ1v) is 11.6. The van der Waals surface area contributed by atoms with Gasteiger partial charge in [0.1, 0.15) is 17.3 Å². The summed E-state index contributed by atoms with van der Waals surface area (Å²) in [4.78, 5) is 5.71. The third kappa shape index (κ3) is 5.17. The van der Waals surface area contributed by atoms with E-state index in [9.17, 15) is 21.6 Å². The molecule has 0 saturated carbocycles. The summed E-state index contributed by atoms with van der Waals surface area (Å²) >= 11 is 0. The molecule has 2 N–H and O–H groups in total. The summed E-state index contributed by atoms with van der Waals surface area (Å²) in [6.45, 7) is 0.212. The number of halogens is 3. The van der Waals surface area contributed by atoms with Crippen molar-refractivity contribution in [3.05, 3.63) is 71.6 Å². The number of aromatic nitrogens is 3. The van der Waals surface area contributed by atoms with Crippen molar-refractivity contribution in [2.75, 3.05) is 13.1 Å². The van der Waals surface area contributed by atoms with Crippen LogP contribution in [0, 0.1) is 5.82 Å². The van der Waals surface area contributed by atoms with Gasteiger partial charge in [-0.25, -0.2) is 36.4 Å². The third-order valence-corrected chi connectivity index (χ3v) is 6.15. The van der Waals surface area contributed by atoms with Crippen molar-refractivity contribution >= 4 is 10.0 Å². The molecule has 11 heteroatoms. The molecule has 7 nitrogen and oxygen atoms in total. The van der Waals surface area contributed by atoms with E-state index in [1.807, 2.05) is 30.3 Å². The lowest BCUT2D eigenvalue weighted by Crippen LogP contribution is -2.42. The van der Waals surface area contributed by atoms with E-state index in [1.54, 1.807) is 4.90 Å². The maximum Gasteiger partial charge on any atom is 0.260 e. The van der Waals surface area contributed by atoms with E-state index in [2.05, 4.69) is 10.1 Å². The second-order valence-corrected chi connectivity index (χ2v) is 9.41. The number of primary sulfonamides is 1. The SMILES string of the molecule is NS(=O)(=O)c1ccc(-n2nc(CN3CCCC(F)(F)C3)nc2Cc2ccccc2)c(F)c1. The van der Waals surface area contributed by atoms with Gasteiger partial charge in [0, 0.05) is 12.8 Å². The van der Waals surface area contributed by atoms with Crippen LogP contribution < -0.4 is 5.14 Å². The highest BCUT2D eigenvalue weighted by molar-refractivity contribution is 7.89. The second kappa shape index (κ2) is 8.64. The van der Waals surface area contributed by atoms with E-state index in [1.165, 1.54) is 16.8 Å². The molecule has 4 rings (SSSR count). The van der Waals surface area contributed by atoms with Crippen LogP contribution in [0.5, 0.6) is 0 Å². The Morgan fingerprint density at radius 1 is 1.12 bits per heavy atom. The van der Waals surface area contributed by atoms with Crippen molar-refractivity contribution < 1.29 is 21.6 Å². The zero-order valence-electron chi connectivity index (χ0n) is 17.1. The zero-order chi connectivity index (χ0) is 22.9. The molecule has 170 valence electrons. The van der Waals surface area contributed by atoms with Gasteiger partial charge in [-0.2, -0.15) is 0 Å². The zero-order valence-corrected chi connectivity index (χ0v) is 17.9. The fourth-order valence-electron chi connectivity index (χ4n) is 3.76. The summed E-state index contributed by atoms with van der Waals surface area (Å²) in [7, 11) is -4.07. The fraction of sp³-hybridized carbons (Fsp3) is 0.333. The van der Waals surface area contributed by atoms with Crippen LogP contribution in [0.4, 0.5) is 13.2 Å². The van der Waals surface area contributed by atoms with Crippen LogP contribution in [-0.4, -0.2) is 47.1 Å². The van der Waals surface area contributed by atoms with Crippen LogP contribution >= 0.6 is 0 Å². The maximum absolute atomic E-state index is 14.8. The molecule has 2 heterocycles. The standard InChI is InChI=1S/C21H22F3N5O2S/c22-17-12-16(32(25,30)31)7-8-18(17)29-20(11-15-5-2-1-3-6-15)26-19(27-29)13-28-10-4-9-21(23,24)14-28/h1-3,5-8,12H,4,9-11,13-14H2,(H2,25,30,31). The lowest BCUT2D eigenvalue weighted by atomic mass is 10.1. The molecule has 1 aromatic heterocycles. The van der Waals surface area contributed by atoms with Gasteiger partial charge in [-0.1, -0.05) is 30.3 Å². The molecule has 32 heavy (non-hydrogen) atoms. The Labute approximate surface area is 183 Å². The summed E-state index contributed by atoms with van der Waals surface area (Å²) in [6, 6.07) is 12.6. The smallest absolute Gasteiger partial charge is 0.260 e. The monoisotopic (exact) mass is 465 g/mol. The highest BCUT2D eigenvalue weighted by Gasteiger charge is 2.35. The molecule has 3 aromatic rings. The average molecular weight is 466 g/mol. The predicted octanol–water partition coefficient (Wildman–Crippen LogP) is 2.88. The number of hydrogen-bond donors (Lipinski definition) is 1. The number of rotatable bonds is 6. The van der Waals surface area contributed by atoms with Gasteiger partial charge in [0.05, 0.1) is 18.0 Å². The first kappa shape index (κ1) is 22.4. The molecular formula is C21H22F3N5O2S. The van der Waals surface area contributed by atoms with Crippen molar-refractivity contribution in [2.24, 2.45) is 5.14 Å². The first-order valence-electron chi connectivity index (χ1n) is 10.0. The molecular weight excluding hydrogens is 443 g/mol. The molecule has 0 unspecified atom stereocenters. The summed E-state index contributed by atoms with van der Waals surface area (Å²) in [5.41, 5.74) is 0.893. The number of alkyl halides is 2. The van der Waals surface area contributed by atoms with Crippen LogP contribution in [0.15, 0.2) is 53.4 Å². The number of hydrogen-bond acceptors (Lipinski definition) is 5. The lowest BCUT2D eigenvalue weighted by molar-refractivity contribution is -0.0666. The van der Waals surface area contributed by atoms with Gasteiger partial charge in [-0.15, -0.1) is 5.10 Å². The molecule has 0 spiro atoms. The van der Waals surface area contributed by atoms with Crippen LogP contribution in [0.2, 0.25) is 0 Å². The minimum atomic E-state index is -4.07. The van der Waals surface area contributed by atoms with Crippen LogP contribution in [0.25, 0.3) is 5.69 Å². The first-order chi connectivity index (χ1) is 15.1. The fourth-order valence-corrected chi connectivity index (χ4v) is 4.29. The van der Waals surface area contributed by atoms with Crippen molar-refractivity contribution in [3.8, 4) is 5.69 Å². The molecule has 0 atom stereocenters. The van der Waals surface area contributed by atoms with Gasteiger partial charge < -0.3 is 0 Å². The summed E-state index contributed by atoms with van der Waals surface area (Å²) in [6.07, 6.45) is 0.543. The number of nitrogens with two attached hydrogens (primary N) is 1. The van der Waals surface area contributed by atoms with Crippen molar-refractivity contribution in [1.29, 1.82) is 0 Å². The minimum absolute atomic E-state index is 0.00828. The predicted molar refractivity (Wildman–Crippen MR) is 111 cm³/mol. The molecule has 1 aliphatic heterocycles. The molecule has 0 radical (unpaired) electrons. The summed E-state index contributed by atoms with van der Waals surface area (Å²) in [5.74, 6) is -2.92. The highest BCUT2D eigenvalue weighted by Crippen LogP contribution is 2.27. The Hall–Kier alpha value is -2.76. The molecule has 1 saturated heterocycles. The minimum Gasteiger partial charge on any atom is -0.290 e. The maximum atomic E-state index is 14.8. The summed E-state index contributed by atoms with van der Waals surface area (Å²) < 4.78 is 66.7. The van der Waals surface area contributed by atoms with E-state index >= 15 is 0 Å². The Morgan fingerprint density at radius 3 is 2.53 bits per heavy atom. The third-order valence-electron chi connectivity index (χ3n) is 5.24. The normalized spacial score (nSPS) is 16.9. The lowest BCUT2D eigenvalue weighted by Gasteiger charge is -2.31.